The van der Waals surface area contributed by atoms with E-state index in [1.807, 2.05) is 20.8 Å². The largest absolute Gasteiger partial charge is 0.468 e. The number of aromatic nitrogens is 1. The van der Waals surface area contributed by atoms with E-state index in [4.69, 9.17) is 9.47 Å². The number of nitrogens with zero attached hydrogens (tertiary/aromatic N) is 2. The fourth-order valence-corrected chi connectivity index (χ4v) is 1.60. The Morgan fingerprint density at radius 3 is 2.74 bits per heavy atom. The van der Waals surface area contributed by atoms with Gasteiger partial charge in [-0.2, -0.15) is 0 Å². The molecule has 19 heavy (non-hydrogen) atoms. The van der Waals surface area contributed by atoms with Crippen LogP contribution in [-0.2, 0) is 4.74 Å². The van der Waals surface area contributed by atoms with Crippen molar-refractivity contribution in [2.24, 2.45) is 0 Å². The maximum Gasteiger partial charge on any atom is 0.410 e. The predicted octanol–water partition coefficient (Wildman–Crippen LogP) is 2.22. The number of carbonyl (C=O) groups excluding carboxylic acids is 1. The first-order valence-electron chi connectivity index (χ1n) is 6.10. The van der Waals surface area contributed by atoms with Crippen molar-refractivity contribution in [1.82, 2.24) is 9.88 Å². The van der Waals surface area contributed by atoms with Gasteiger partial charge in [-0.05, 0) is 32.9 Å². The molecule has 104 valence electrons. The van der Waals surface area contributed by atoms with Gasteiger partial charge >= 0.3 is 6.09 Å². The summed E-state index contributed by atoms with van der Waals surface area (Å²) in [6.45, 7) is 6.18. The molecule has 0 bridgehead atoms. The van der Waals surface area contributed by atoms with E-state index in [0.29, 0.717) is 13.1 Å². The van der Waals surface area contributed by atoms with Gasteiger partial charge in [0.1, 0.15) is 11.7 Å². The van der Waals surface area contributed by atoms with Crippen LogP contribution in [0.15, 0.2) is 18.3 Å². The van der Waals surface area contributed by atoms with Gasteiger partial charge in [0.25, 0.3) is 5.88 Å². The van der Waals surface area contributed by atoms with Crippen LogP contribution in [0, 0.1) is 5.82 Å². The third-order valence-electron chi connectivity index (χ3n) is 2.50. The number of rotatable bonds is 2. The van der Waals surface area contributed by atoms with Crippen molar-refractivity contribution in [3.05, 3.63) is 24.1 Å². The molecule has 1 amide bonds. The molecular formula is C13H17FN2O3. The van der Waals surface area contributed by atoms with Crippen LogP contribution in [0.1, 0.15) is 20.8 Å². The van der Waals surface area contributed by atoms with Gasteiger partial charge in [-0.15, -0.1) is 0 Å². The highest BCUT2D eigenvalue weighted by atomic mass is 19.1. The lowest BCUT2D eigenvalue weighted by Gasteiger charge is -2.39. The van der Waals surface area contributed by atoms with Crippen molar-refractivity contribution < 1.29 is 18.7 Å². The third-order valence-corrected chi connectivity index (χ3v) is 2.50. The van der Waals surface area contributed by atoms with E-state index in [-0.39, 0.29) is 18.1 Å². The Kier molecular flexibility index (Phi) is 3.59. The van der Waals surface area contributed by atoms with Gasteiger partial charge in [-0.25, -0.2) is 14.2 Å². The molecule has 1 saturated heterocycles. The Hall–Kier alpha value is -1.85. The second kappa shape index (κ2) is 5.03. The Bertz CT molecular complexity index is 467. The summed E-state index contributed by atoms with van der Waals surface area (Å²) in [5.41, 5.74) is -0.518. The number of amides is 1. The topological polar surface area (TPSA) is 51.7 Å². The molecule has 1 fully saturated rings. The van der Waals surface area contributed by atoms with Gasteiger partial charge in [0.15, 0.2) is 5.82 Å². The highest BCUT2D eigenvalue weighted by Gasteiger charge is 2.35. The lowest BCUT2D eigenvalue weighted by atomic mass is 10.2. The molecule has 0 unspecified atom stereocenters. The van der Waals surface area contributed by atoms with Gasteiger partial charge in [-0.3, -0.25) is 0 Å². The lowest BCUT2D eigenvalue weighted by molar-refractivity contribution is -0.0241. The van der Waals surface area contributed by atoms with Crippen LogP contribution in [-0.4, -0.2) is 40.8 Å². The van der Waals surface area contributed by atoms with E-state index >= 15 is 0 Å². The molecule has 1 aromatic rings. The van der Waals surface area contributed by atoms with E-state index in [2.05, 4.69) is 4.98 Å². The molecule has 1 aliphatic heterocycles. The van der Waals surface area contributed by atoms with Crippen molar-refractivity contribution in [1.29, 1.82) is 0 Å². The molecule has 0 radical (unpaired) electrons. The van der Waals surface area contributed by atoms with Gasteiger partial charge in [0.05, 0.1) is 13.1 Å². The van der Waals surface area contributed by atoms with Gasteiger partial charge in [0, 0.05) is 6.20 Å². The first kappa shape index (κ1) is 13.6. The molecule has 1 aliphatic rings. The quantitative estimate of drug-likeness (QED) is 0.825. The van der Waals surface area contributed by atoms with Crippen molar-refractivity contribution in [2.45, 2.75) is 32.5 Å². The highest BCUT2D eigenvalue weighted by molar-refractivity contribution is 5.69. The average Bonchev–Trinajstić information content (AvgIpc) is 2.22. The molecule has 6 heteroatoms. The Balaban J connectivity index is 1.81. The fourth-order valence-electron chi connectivity index (χ4n) is 1.60. The van der Waals surface area contributed by atoms with Crippen LogP contribution in [0.3, 0.4) is 0 Å². The smallest absolute Gasteiger partial charge is 0.410 e. The van der Waals surface area contributed by atoms with Crippen LogP contribution >= 0.6 is 0 Å². The minimum Gasteiger partial charge on any atom is -0.468 e. The summed E-state index contributed by atoms with van der Waals surface area (Å²) >= 11 is 0. The molecule has 5 nitrogen and oxygen atoms in total. The molecule has 2 rings (SSSR count). The van der Waals surface area contributed by atoms with Crippen molar-refractivity contribution in [3.8, 4) is 5.88 Å². The Morgan fingerprint density at radius 2 is 2.16 bits per heavy atom. The molecule has 1 aromatic heterocycles. The normalized spacial score (nSPS) is 15.9. The number of likely N-dealkylation sites (tertiary alicyclic amines) is 1. The summed E-state index contributed by atoms with van der Waals surface area (Å²) in [5.74, 6) is -0.533. The van der Waals surface area contributed by atoms with Crippen molar-refractivity contribution in [2.75, 3.05) is 13.1 Å². The predicted molar refractivity (Wildman–Crippen MR) is 66.4 cm³/mol. The summed E-state index contributed by atoms with van der Waals surface area (Å²) in [6.07, 6.45) is 0.841. The number of hydrogen-bond donors (Lipinski definition) is 0. The Labute approximate surface area is 111 Å². The van der Waals surface area contributed by atoms with Crippen LogP contribution in [0.5, 0.6) is 5.88 Å². The zero-order chi connectivity index (χ0) is 14.0. The molecule has 0 atom stereocenters. The van der Waals surface area contributed by atoms with E-state index in [9.17, 15) is 9.18 Å². The first-order valence-corrected chi connectivity index (χ1v) is 6.10. The second-order valence-electron chi connectivity index (χ2n) is 5.42. The van der Waals surface area contributed by atoms with Gasteiger partial charge < -0.3 is 14.4 Å². The summed E-state index contributed by atoms with van der Waals surface area (Å²) in [4.78, 5) is 17.0. The lowest BCUT2D eigenvalue weighted by Crippen LogP contribution is -2.57. The first-order chi connectivity index (χ1) is 8.85. The van der Waals surface area contributed by atoms with Gasteiger partial charge in [-0.1, -0.05) is 0 Å². The minimum atomic E-state index is -0.518. The van der Waals surface area contributed by atoms with Crippen LogP contribution in [0.25, 0.3) is 0 Å². The zero-order valence-corrected chi connectivity index (χ0v) is 11.2. The number of pyridine rings is 1. The summed E-state index contributed by atoms with van der Waals surface area (Å²) < 4.78 is 23.9. The molecule has 0 aliphatic carbocycles. The maximum absolute atomic E-state index is 13.3. The summed E-state index contributed by atoms with van der Waals surface area (Å²) in [5, 5.41) is 0. The number of hydrogen-bond acceptors (Lipinski definition) is 4. The van der Waals surface area contributed by atoms with Crippen molar-refractivity contribution >= 4 is 6.09 Å². The van der Waals surface area contributed by atoms with E-state index in [0.717, 1.165) is 0 Å². The standard InChI is InChI=1S/C13H17FN2O3/c1-13(2,3)19-12(17)16-7-9(8-16)18-11-10(14)5-4-6-15-11/h4-6,9H,7-8H2,1-3H3. The Morgan fingerprint density at radius 1 is 1.47 bits per heavy atom. The third kappa shape index (κ3) is 3.56. The molecule has 0 aromatic carbocycles. The molecule has 0 spiro atoms. The monoisotopic (exact) mass is 268 g/mol. The number of halogens is 1. The van der Waals surface area contributed by atoms with E-state index < -0.39 is 11.4 Å². The molecule has 2 heterocycles. The van der Waals surface area contributed by atoms with Crippen LogP contribution in [0.2, 0.25) is 0 Å². The zero-order valence-electron chi connectivity index (χ0n) is 11.2. The van der Waals surface area contributed by atoms with Gasteiger partial charge in [0.2, 0.25) is 0 Å². The summed E-state index contributed by atoms with van der Waals surface area (Å²) in [6, 6.07) is 2.78. The molecular weight excluding hydrogens is 251 g/mol. The van der Waals surface area contributed by atoms with E-state index in [1.165, 1.54) is 23.2 Å². The number of carbonyl (C=O) groups is 1. The SMILES string of the molecule is CC(C)(C)OC(=O)N1CC(Oc2ncccc2F)C1. The van der Waals surface area contributed by atoms with Crippen LogP contribution < -0.4 is 4.74 Å². The second-order valence-corrected chi connectivity index (χ2v) is 5.42. The van der Waals surface area contributed by atoms with Crippen LogP contribution in [0.4, 0.5) is 9.18 Å². The highest BCUT2D eigenvalue weighted by Crippen LogP contribution is 2.20. The summed E-state index contributed by atoms with van der Waals surface area (Å²) in [7, 11) is 0. The van der Waals surface area contributed by atoms with Crippen molar-refractivity contribution in [3.63, 3.8) is 0 Å². The fraction of sp³-hybridized carbons (Fsp3) is 0.538. The minimum absolute atomic E-state index is 0.0312. The number of ether oxygens (including phenoxy) is 2. The average molecular weight is 268 g/mol. The maximum atomic E-state index is 13.3. The van der Waals surface area contributed by atoms with E-state index in [1.54, 1.807) is 0 Å². The molecule has 0 saturated carbocycles. The molecule has 0 N–H and O–H groups in total.